The van der Waals surface area contributed by atoms with Gasteiger partial charge in [0.15, 0.2) is 0 Å². The molecule has 0 fully saturated rings. The van der Waals surface area contributed by atoms with Crippen LogP contribution in [-0.2, 0) is 18.1 Å². The molecule has 0 N–H and O–H groups in total. The molecule has 0 amide bonds. The van der Waals surface area contributed by atoms with E-state index < -0.39 is 0 Å². The molecule has 0 aliphatic rings. The van der Waals surface area contributed by atoms with Gasteiger partial charge in [0.1, 0.15) is 6.73 Å². The summed E-state index contributed by atoms with van der Waals surface area (Å²) in [6.45, 7) is 0.646. The Hall–Kier alpha value is -2.37. The van der Waals surface area contributed by atoms with Crippen LogP contribution in [0.4, 0.5) is 0 Å². The minimum atomic E-state index is -0.310. The Bertz CT molecular complexity index is 804. The van der Waals surface area contributed by atoms with Crippen molar-refractivity contribution in [3.05, 3.63) is 89.1 Å². The zero-order chi connectivity index (χ0) is 15.9. The van der Waals surface area contributed by atoms with E-state index in [9.17, 15) is 4.79 Å². The van der Waals surface area contributed by atoms with Crippen molar-refractivity contribution in [1.82, 2.24) is 9.55 Å². The third-order valence-corrected chi connectivity index (χ3v) is 4.11. The minimum absolute atomic E-state index is 0.184. The molecule has 0 unspecified atom stereocenters. The van der Waals surface area contributed by atoms with Gasteiger partial charge in [-0.3, -0.25) is 4.57 Å². The highest BCUT2D eigenvalue weighted by molar-refractivity contribution is 7.99. The van der Waals surface area contributed by atoms with E-state index in [4.69, 9.17) is 4.74 Å². The summed E-state index contributed by atoms with van der Waals surface area (Å²) in [5.41, 5.74) is 0.763. The van der Waals surface area contributed by atoms with Crippen LogP contribution in [-0.4, -0.2) is 9.55 Å². The number of hydrogen-bond donors (Lipinski definition) is 0. The molecular weight excluding hydrogens is 308 g/mol. The predicted molar refractivity (Wildman–Crippen MR) is 90.3 cm³/mol. The van der Waals surface area contributed by atoms with Crippen molar-refractivity contribution in [3.63, 3.8) is 0 Å². The van der Waals surface area contributed by atoms with Crippen LogP contribution in [0.25, 0.3) is 0 Å². The van der Waals surface area contributed by atoms with Crippen molar-refractivity contribution >= 4 is 11.8 Å². The van der Waals surface area contributed by atoms with Gasteiger partial charge in [-0.05, 0) is 17.7 Å². The van der Waals surface area contributed by atoms with Gasteiger partial charge in [0.2, 0.25) is 0 Å². The number of hydrogen-bond acceptors (Lipinski definition) is 4. The Morgan fingerprint density at radius 1 is 0.957 bits per heavy atom. The third kappa shape index (κ3) is 4.55. The topological polar surface area (TPSA) is 44.1 Å². The lowest BCUT2D eigenvalue weighted by atomic mass is 10.2. The summed E-state index contributed by atoms with van der Waals surface area (Å²) >= 11 is 1.56. The molecule has 0 saturated carbocycles. The van der Waals surface area contributed by atoms with E-state index in [1.807, 2.05) is 60.7 Å². The lowest BCUT2D eigenvalue weighted by Crippen LogP contribution is -2.23. The Morgan fingerprint density at radius 2 is 1.65 bits per heavy atom. The molecule has 2 aromatic carbocycles. The van der Waals surface area contributed by atoms with Gasteiger partial charge < -0.3 is 4.74 Å². The summed E-state index contributed by atoms with van der Waals surface area (Å²) in [7, 11) is 0. The fourth-order valence-corrected chi connectivity index (χ4v) is 2.89. The average Bonchev–Trinajstić information content (AvgIpc) is 2.59. The predicted octanol–water partition coefficient (Wildman–Crippen LogP) is 3.57. The second-order valence-electron chi connectivity index (χ2n) is 4.92. The SMILES string of the molecule is O=c1ncc(Sc2ccccc2)cn1COCc1ccccc1. The molecule has 5 heteroatoms. The Labute approximate surface area is 138 Å². The fourth-order valence-electron chi connectivity index (χ4n) is 2.04. The van der Waals surface area contributed by atoms with E-state index in [1.54, 1.807) is 24.2 Å². The van der Waals surface area contributed by atoms with Gasteiger partial charge in [0.25, 0.3) is 0 Å². The van der Waals surface area contributed by atoms with E-state index in [-0.39, 0.29) is 12.4 Å². The molecule has 0 aliphatic carbocycles. The molecule has 0 bridgehead atoms. The van der Waals surface area contributed by atoms with Gasteiger partial charge in [-0.15, -0.1) is 0 Å². The molecule has 0 radical (unpaired) electrons. The summed E-state index contributed by atoms with van der Waals surface area (Å²) < 4.78 is 7.09. The van der Waals surface area contributed by atoms with Crippen molar-refractivity contribution in [2.75, 3.05) is 0 Å². The van der Waals surface area contributed by atoms with Crippen molar-refractivity contribution in [3.8, 4) is 0 Å². The minimum Gasteiger partial charge on any atom is -0.356 e. The Balaban J connectivity index is 1.65. The summed E-state index contributed by atoms with van der Waals surface area (Å²) in [6.07, 6.45) is 3.37. The van der Waals surface area contributed by atoms with Crippen LogP contribution in [0.3, 0.4) is 0 Å². The number of aromatic nitrogens is 2. The van der Waals surface area contributed by atoms with Gasteiger partial charge in [0, 0.05) is 22.2 Å². The van der Waals surface area contributed by atoms with Crippen molar-refractivity contribution in [2.24, 2.45) is 0 Å². The van der Waals surface area contributed by atoms with Crippen molar-refractivity contribution < 1.29 is 4.74 Å². The highest BCUT2D eigenvalue weighted by Crippen LogP contribution is 2.25. The summed E-state index contributed by atoms with van der Waals surface area (Å²) in [6, 6.07) is 19.8. The molecular formula is C18H16N2O2S. The average molecular weight is 324 g/mol. The molecule has 3 rings (SSSR count). The van der Waals surface area contributed by atoms with Crippen molar-refractivity contribution in [2.45, 2.75) is 23.1 Å². The maximum atomic E-state index is 11.8. The fraction of sp³-hybridized carbons (Fsp3) is 0.111. The largest absolute Gasteiger partial charge is 0.356 e. The smallest absolute Gasteiger partial charge is 0.349 e. The first kappa shape index (κ1) is 15.5. The van der Waals surface area contributed by atoms with Crippen LogP contribution in [0.2, 0.25) is 0 Å². The number of ether oxygens (including phenoxy) is 1. The third-order valence-electron chi connectivity index (χ3n) is 3.15. The molecule has 0 aliphatic heterocycles. The lowest BCUT2D eigenvalue weighted by molar-refractivity contribution is 0.0604. The van der Waals surface area contributed by atoms with Gasteiger partial charge in [0.05, 0.1) is 6.61 Å². The molecule has 23 heavy (non-hydrogen) atoms. The molecule has 0 saturated heterocycles. The van der Waals surface area contributed by atoms with Crippen LogP contribution in [0, 0.1) is 0 Å². The quantitative estimate of drug-likeness (QED) is 0.695. The maximum Gasteiger partial charge on any atom is 0.349 e. The molecule has 1 aromatic heterocycles. The van der Waals surface area contributed by atoms with E-state index in [0.29, 0.717) is 6.61 Å². The van der Waals surface area contributed by atoms with E-state index in [0.717, 1.165) is 15.4 Å². The summed E-state index contributed by atoms with van der Waals surface area (Å²) in [5, 5.41) is 0. The van der Waals surface area contributed by atoms with E-state index in [2.05, 4.69) is 4.98 Å². The normalized spacial score (nSPS) is 10.6. The van der Waals surface area contributed by atoms with Crippen LogP contribution in [0.5, 0.6) is 0 Å². The monoisotopic (exact) mass is 324 g/mol. The van der Waals surface area contributed by atoms with Gasteiger partial charge in [-0.25, -0.2) is 9.78 Å². The molecule has 4 nitrogen and oxygen atoms in total. The van der Waals surface area contributed by atoms with Crippen LogP contribution in [0.15, 0.2) is 87.6 Å². The van der Waals surface area contributed by atoms with Gasteiger partial charge in [-0.2, -0.15) is 0 Å². The molecule has 0 atom stereocenters. The van der Waals surface area contributed by atoms with Crippen LogP contribution >= 0.6 is 11.8 Å². The standard InChI is InChI=1S/C18H16N2O2S/c21-18-19-11-17(23-16-9-5-2-6-10-16)12-20(18)14-22-13-15-7-3-1-4-8-15/h1-12H,13-14H2. The molecule has 116 valence electrons. The van der Waals surface area contributed by atoms with E-state index >= 15 is 0 Å². The first-order valence-corrected chi connectivity index (χ1v) is 8.04. The second-order valence-corrected chi connectivity index (χ2v) is 6.07. The van der Waals surface area contributed by atoms with E-state index in [1.165, 1.54) is 4.57 Å². The molecule has 0 spiro atoms. The van der Waals surface area contributed by atoms with Gasteiger partial charge in [-0.1, -0.05) is 60.3 Å². The first-order valence-electron chi connectivity index (χ1n) is 7.22. The number of nitrogens with zero attached hydrogens (tertiary/aromatic N) is 2. The number of rotatable bonds is 6. The molecule has 3 aromatic rings. The van der Waals surface area contributed by atoms with Crippen molar-refractivity contribution in [1.29, 1.82) is 0 Å². The lowest BCUT2D eigenvalue weighted by Gasteiger charge is -2.08. The number of benzene rings is 2. The molecule has 1 heterocycles. The van der Waals surface area contributed by atoms with Gasteiger partial charge >= 0.3 is 5.69 Å². The highest BCUT2D eigenvalue weighted by atomic mass is 32.2. The highest BCUT2D eigenvalue weighted by Gasteiger charge is 2.02. The second kappa shape index (κ2) is 7.76. The zero-order valence-electron chi connectivity index (χ0n) is 12.5. The summed E-state index contributed by atoms with van der Waals surface area (Å²) in [4.78, 5) is 17.7. The Kier molecular flexibility index (Phi) is 5.24. The van der Waals surface area contributed by atoms with Crippen LogP contribution in [0.1, 0.15) is 5.56 Å². The van der Waals surface area contributed by atoms with Crippen LogP contribution < -0.4 is 5.69 Å². The summed E-state index contributed by atoms with van der Waals surface area (Å²) in [5.74, 6) is 0. The maximum absolute atomic E-state index is 11.8. The first-order chi connectivity index (χ1) is 11.3. The Morgan fingerprint density at radius 3 is 2.39 bits per heavy atom. The zero-order valence-corrected chi connectivity index (χ0v) is 13.3.